The van der Waals surface area contributed by atoms with E-state index in [2.05, 4.69) is 32.8 Å². The summed E-state index contributed by atoms with van der Waals surface area (Å²) in [7, 11) is 0. The fraction of sp³-hybridized carbons (Fsp3) is 0.308. The lowest BCUT2D eigenvalue weighted by Gasteiger charge is -2.26. The van der Waals surface area contributed by atoms with Gasteiger partial charge in [-0.15, -0.1) is 0 Å². The molecule has 1 fully saturated rings. The number of pyridine rings is 2. The number of hydrogen-bond donors (Lipinski definition) is 2. The van der Waals surface area contributed by atoms with Crippen LogP contribution in [0, 0.1) is 0 Å². The van der Waals surface area contributed by atoms with E-state index in [0.29, 0.717) is 23.5 Å². The maximum Gasteiger partial charge on any atom is 0.433 e. The topological polar surface area (TPSA) is 67.1 Å². The van der Waals surface area contributed by atoms with Gasteiger partial charge in [-0.2, -0.15) is 13.2 Å². The molecule has 0 unspecified atom stereocenters. The highest BCUT2D eigenvalue weighted by Crippen LogP contribution is 2.29. The predicted octanol–water partition coefficient (Wildman–Crippen LogP) is 5.90. The molecule has 34 heavy (non-hydrogen) atoms. The summed E-state index contributed by atoms with van der Waals surface area (Å²) in [6, 6.07) is 10.3. The SMILES string of the molecule is C=C(Cc1cc(-c2cncc(CN3CCCCC3)c2)ccc1N)Nc1ccc(C(F)(F)F)nc1. The van der Waals surface area contributed by atoms with Crippen LogP contribution in [0.5, 0.6) is 0 Å². The fourth-order valence-electron chi connectivity index (χ4n) is 4.16. The van der Waals surface area contributed by atoms with Gasteiger partial charge in [0.25, 0.3) is 0 Å². The lowest BCUT2D eigenvalue weighted by molar-refractivity contribution is -0.141. The molecule has 1 saturated heterocycles. The average Bonchev–Trinajstić information content (AvgIpc) is 2.81. The van der Waals surface area contributed by atoms with Gasteiger partial charge in [-0.25, -0.2) is 4.98 Å². The molecule has 5 nitrogen and oxygen atoms in total. The number of allylic oxidation sites excluding steroid dienone is 1. The second kappa shape index (κ2) is 10.3. The summed E-state index contributed by atoms with van der Waals surface area (Å²) in [5, 5.41) is 3.01. The number of likely N-dealkylation sites (tertiary alicyclic amines) is 1. The minimum absolute atomic E-state index is 0.418. The van der Waals surface area contributed by atoms with E-state index in [0.717, 1.165) is 48.6 Å². The van der Waals surface area contributed by atoms with Gasteiger partial charge >= 0.3 is 6.18 Å². The highest BCUT2D eigenvalue weighted by Gasteiger charge is 2.32. The third-order valence-electron chi connectivity index (χ3n) is 5.90. The Morgan fingerprint density at radius 1 is 1.00 bits per heavy atom. The van der Waals surface area contributed by atoms with E-state index in [1.807, 2.05) is 30.6 Å². The van der Waals surface area contributed by atoms with E-state index in [-0.39, 0.29) is 0 Å². The van der Waals surface area contributed by atoms with Gasteiger partial charge in [-0.3, -0.25) is 9.88 Å². The maximum absolute atomic E-state index is 12.7. The van der Waals surface area contributed by atoms with Gasteiger partial charge in [0.15, 0.2) is 0 Å². The number of halogens is 3. The first-order chi connectivity index (χ1) is 16.3. The van der Waals surface area contributed by atoms with Gasteiger partial charge in [0, 0.05) is 42.3 Å². The lowest BCUT2D eigenvalue weighted by Crippen LogP contribution is -2.29. The number of nitrogens with zero attached hydrogens (tertiary/aromatic N) is 3. The van der Waals surface area contributed by atoms with Gasteiger partial charge in [-0.05, 0) is 73.0 Å². The van der Waals surface area contributed by atoms with Crippen molar-refractivity contribution in [1.29, 1.82) is 0 Å². The van der Waals surface area contributed by atoms with Crippen LogP contribution >= 0.6 is 0 Å². The van der Waals surface area contributed by atoms with Crippen molar-refractivity contribution in [3.8, 4) is 11.1 Å². The Bertz CT molecular complexity index is 1140. The smallest absolute Gasteiger partial charge is 0.398 e. The third-order valence-corrected chi connectivity index (χ3v) is 5.90. The van der Waals surface area contributed by atoms with Crippen LogP contribution in [0.3, 0.4) is 0 Å². The molecule has 3 N–H and O–H groups in total. The van der Waals surface area contributed by atoms with Crippen LogP contribution in [0.25, 0.3) is 11.1 Å². The number of aromatic nitrogens is 2. The Labute approximate surface area is 197 Å². The van der Waals surface area contributed by atoms with Crippen LogP contribution in [0.1, 0.15) is 36.1 Å². The maximum atomic E-state index is 12.7. The number of rotatable bonds is 7. The summed E-state index contributed by atoms with van der Waals surface area (Å²) >= 11 is 0. The molecule has 0 spiro atoms. The van der Waals surface area contributed by atoms with Crippen molar-refractivity contribution < 1.29 is 13.2 Å². The van der Waals surface area contributed by atoms with Crippen LogP contribution in [-0.4, -0.2) is 28.0 Å². The second-order valence-corrected chi connectivity index (χ2v) is 8.67. The molecule has 8 heteroatoms. The molecule has 0 atom stereocenters. The number of piperidine rings is 1. The molecular weight excluding hydrogens is 439 g/mol. The van der Waals surface area contributed by atoms with E-state index in [1.165, 1.54) is 30.9 Å². The van der Waals surface area contributed by atoms with Gasteiger partial charge < -0.3 is 11.1 Å². The highest BCUT2D eigenvalue weighted by atomic mass is 19.4. The van der Waals surface area contributed by atoms with Crippen LogP contribution in [-0.2, 0) is 19.1 Å². The zero-order chi connectivity index (χ0) is 24.1. The van der Waals surface area contributed by atoms with Crippen molar-refractivity contribution in [3.05, 3.63) is 84.1 Å². The first-order valence-corrected chi connectivity index (χ1v) is 11.3. The van der Waals surface area contributed by atoms with Crippen molar-refractivity contribution in [3.63, 3.8) is 0 Å². The van der Waals surface area contributed by atoms with E-state index in [4.69, 9.17) is 5.73 Å². The molecule has 0 amide bonds. The fourth-order valence-corrected chi connectivity index (χ4v) is 4.16. The predicted molar refractivity (Wildman–Crippen MR) is 129 cm³/mol. The molecule has 4 rings (SSSR count). The summed E-state index contributed by atoms with van der Waals surface area (Å²) in [4.78, 5) is 10.4. The molecule has 0 radical (unpaired) electrons. The number of anilines is 2. The van der Waals surface area contributed by atoms with Crippen molar-refractivity contribution in [2.75, 3.05) is 24.1 Å². The minimum Gasteiger partial charge on any atom is -0.398 e. The Balaban J connectivity index is 1.44. The van der Waals surface area contributed by atoms with Gasteiger partial charge in [0.05, 0.1) is 11.9 Å². The van der Waals surface area contributed by atoms with Crippen LogP contribution in [0.15, 0.2) is 67.3 Å². The zero-order valence-electron chi connectivity index (χ0n) is 18.9. The third kappa shape index (κ3) is 6.14. The van der Waals surface area contributed by atoms with Gasteiger partial charge in [0.2, 0.25) is 0 Å². The molecule has 0 bridgehead atoms. The number of nitrogens with one attached hydrogen (secondary N) is 1. The quantitative estimate of drug-likeness (QED) is 0.424. The zero-order valence-corrected chi connectivity index (χ0v) is 18.9. The van der Waals surface area contributed by atoms with E-state index in [9.17, 15) is 13.2 Å². The molecule has 0 saturated carbocycles. The van der Waals surface area contributed by atoms with Crippen LogP contribution in [0.2, 0.25) is 0 Å². The largest absolute Gasteiger partial charge is 0.433 e. The van der Waals surface area contributed by atoms with Crippen molar-refractivity contribution in [2.24, 2.45) is 0 Å². The Kier molecular flexibility index (Phi) is 7.17. The molecular formula is C26H28F3N5. The Hall–Kier alpha value is -3.39. The molecule has 2 aromatic heterocycles. The summed E-state index contributed by atoms with van der Waals surface area (Å²) in [5.74, 6) is 0. The summed E-state index contributed by atoms with van der Waals surface area (Å²) in [6.45, 7) is 7.15. The highest BCUT2D eigenvalue weighted by molar-refractivity contribution is 5.68. The van der Waals surface area contributed by atoms with Gasteiger partial charge in [0.1, 0.15) is 5.69 Å². The molecule has 1 aliphatic heterocycles. The van der Waals surface area contributed by atoms with Crippen LogP contribution < -0.4 is 11.1 Å². The Morgan fingerprint density at radius 3 is 2.50 bits per heavy atom. The van der Waals surface area contributed by atoms with E-state index >= 15 is 0 Å². The standard InChI is InChI=1S/C26H28F3N5/c1-18(33-23-6-8-25(32-16-23)26(27,28)29)11-21-13-20(5-7-24(21)30)22-12-19(14-31-15-22)17-34-9-3-2-4-10-34/h5-8,12-16,33H,1-4,9-11,17,30H2. The summed E-state index contributed by atoms with van der Waals surface area (Å²) in [5.41, 5.74) is 11.0. The van der Waals surface area contributed by atoms with Crippen molar-refractivity contribution in [1.82, 2.24) is 14.9 Å². The first-order valence-electron chi connectivity index (χ1n) is 11.3. The normalized spacial score (nSPS) is 14.7. The van der Waals surface area contributed by atoms with Crippen molar-refractivity contribution >= 4 is 11.4 Å². The molecule has 178 valence electrons. The number of nitrogen functional groups attached to an aromatic ring is 1. The minimum atomic E-state index is -4.47. The second-order valence-electron chi connectivity index (χ2n) is 8.67. The van der Waals surface area contributed by atoms with Gasteiger partial charge in [-0.1, -0.05) is 19.1 Å². The summed E-state index contributed by atoms with van der Waals surface area (Å²) in [6.07, 6.45) is 4.65. The van der Waals surface area contributed by atoms with E-state index < -0.39 is 11.9 Å². The molecule has 3 aromatic rings. The van der Waals surface area contributed by atoms with Crippen LogP contribution in [0.4, 0.5) is 24.5 Å². The number of benzene rings is 1. The molecule has 3 heterocycles. The number of alkyl halides is 3. The summed E-state index contributed by atoms with van der Waals surface area (Å²) < 4.78 is 38.1. The number of hydrogen-bond acceptors (Lipinski definition) is 5. The number of nitrogens with two attached hydrogens (primary N) is 1. The van der Waals surface area contributed by atoms with Crippen molar-refractivity contribution in [2.45, 2.75) is 38.4 Å². The average molecular weight is 468 g/mol. The molecule has 0 aliphatic carbocycles. The molecule has 1 aliphatic rings. The monoisotopic (exact) mass is 467 g/mol. The molecule has 1 aromatic carbocycles. The lowest BCUT2D eigenvalue weighted by atomic mass is 9.99. The first kappa shape index (κ1) is 23.8. The Morgan fingerprint density at radius 2 is 1.79 bits per heavy atom. The van der Waals surface area contributed by atoms with E-state index in [1.54, 1.807) is 0 Å².